The van der Waals surface area contributed by atoms with Crippen LogP contribution in [0, 0.1) is 0 Å². The molecule has 0 spiro atoms. The largest absolute Gasteiger partial charge is 0.398 e. The Labute approximate surface area is 81.8 Å². The summed E-state index contributed by atoms with van der Waals surface area (Å²) in [6, 6.07) is 0. The summed E-state index contributed by atoms with van der Waals surface area (Å²) in [5, 5.41) is 18.1. The molecule has 2 rings (SSSR count). The van der Waals surface area contributed by atoms with E-state index in [0.717, 1.165) is 12.4 Å². The Bertz CT molecular complexity index is 461. The van der Waals surface area contributed by atoms with Crippen LogP contribution in [0.4, 0.5) is 0 Å². The summed E-state index contributed by atoms with van der Waals surface area (Å²) in [5.41, 5.74) is -0.122. The van der Waals surface area contributed by atoms with Crippen LogP contribution < -0.4 is 4.74 Å². The zero-order valence-electron chi connectivity index (χ0n) is 7.17. The number of ether oxygens (including phenoxy) is 1. The third-order valence-electron chi connectivity index (χ3n) is 1.42. The van der Waals surface area contributed by atoms with Crippen LogP contribution in [0.15, 0.2) is 12.4 Å². The van der Waals surface area contributed by atoms with Gasteiger partial charge >= 0.3 is 5.97 Å². The molecule has 0 atom stereocenters. The van der Waals surface area contributed by atoms with Crippen LogP contribution in [0.25, 0.3) is 0 Å². The number of nitrogens with one attached hydrogen (secondary N) is 2. The quantitative estimate of drug-likeness (QED) is 0.365. The molecule has 0 aromatic carbocycles. The minimum atomic E-state index is -1.10. The minimum absolute atomic E-state index is 0.0863. The highest BCUT2D eigenvalue weighted by Crippen LogP contribution is 2.02. The molecule has 9 nitrogen and oxygen atoms in total. The Balaban J connectivity index is 2.06. The van der Waals surface area contributed by atoms with Gasteiger partial charge in [0.1, 0.15) is 6.20 Å². The first-order valence-electron chi connectivity index (χ1n) is 3.75. The Morgan fingerprint density at radius 1 is 1.13 bits per heavy atom. The number of hydrogen-bond acceptors (Lipinski definition) is 7. The molecule has 9 heteroatoms. The van der Waals surface area contributed by atoms with Gasteiger partial charge < -0.3 is 4.74 Å². The van der Waals surface area contributed by atoms with Crippen molar-refractivity contribution in [3.05, 3.63) is 18.1 Å². The highest BCUT2D eigenvalue weighted by Gasteiger charge is 2.21. The Kier molecular flexibility index (Phi) is 2.19. The molecule has 76 valence electrons. The van der Waals surface area contributed by atoms with E-state index in [1.54, 1.807) is 0 Å². The summed E-state index contributed by atoms with van der Waals surface area (Å²) < 4.78 is 4.56. The molecule has 0 aliphatic rings. The number of H-pyrrole nitrogens is 2. The lowest BCUT2D eigenvalue weighted by molar-refractivity contribution is -0.129. The fourth-order valence-corrected chi connectivity index (χ4v) is 0.797. The molecule has 0 aliphatic heterocycles. The number of rotatable bonds is 3. The van der Waals surface area contributed by atoms with Crippen molar-refractivity contribution < 1.29 is 14.3 Å². The molecule has 2 aromatic rings. The zero-order chi connectivity index (χ0) is 10.7. The van der Waals surface area contributed by atoms with Gasteiger partial charge in [-0.25, -0.2) is 4.79 Å². The van der Waals surface area contributed by atoms with E-state index in [4.69, 9.17) is 0 Å². The number of nitrogens with zero attached hydrogens (tertiary/aromatic N) is 4. The molecular weight excluding hydrogens is 204 g/mol. The lowest BCUT2D eigenvalue weighted by atomic mass is 10.3. The highest BCUT2D eigenvalue weighted by atomic mass is 16.5. The second-order valence-electron chi connectivity index (χ2n) is 2.38. The number of carbonyl (C=O) groups excluding carboxylic acids is 2. The first-order valence-corrected chi connectivity index (χ1v) is 3.75. The van der Waals surface area contributed by atoms with Gasteiger partial charge in [-0.3, -0.25) is 4.79 Å². The standard InChI is InChI=1S/C6H4N6O3/c13-5(3-1-7-11-9-3)6(14)15-4-2-8-12-10-4/h1-2H,(H,7,9,11)(H,8,10,12). The second-order valence-corrected chi connectivity index (χ2v) is 2.38. The van der Waals surface area contributed by atoms with Gasteiger partial charge in [0.05, 0.1) is 6.20 Å². The summed E-state index contributed by atoms with van der Waals surface area (Å²) in [6.45, 7) is 0. The van der Waals surface area contributed by atoms with Gasteiger partial charge in [0, 0.05) is 0 Å². The molecule has 0 bridgehead atoms. The van der Waals surface area contributed by atoms with Crippen molar-refractivity contribution in [2.45, 2.75) is 0 Å². The van der Waals surface area contributed by atoms with E-state index in [1.165, 1.54) is 0 Å². The topological polar surface area (TPSA) is 127 Å². The molecular formula is C6H4N6O3. The van der Waals surface area contributed by atoms with Gasteiger partial charge in [0.15, 0.2) is 5.69 Å². The summed E-state index contributed by atoms with van der Waals surface area (Å²) in [7, 11) is 0. The molecule has 2 aromatic heterocycles. The summed E-state index contributed by atoms with van der Waals surface area (Å²) in [4.78, 5) is 22.5. The summed E-state index contributed by atoms with van der Waals surface area (Å²) in [6.07, 6.45) is 2.28. The molecule has 0 saturated heterocycles. The average Bonchev–Trinajstić information content (AvgIpc) is 2.88. The molecule has 2 N–H and O–H groups in total. The van der Waals surface area contributed by atoms with Crippen molar-refractivity contribution in [3.8, 4) is 5.88 Å². The number of aromatic nitrogens is 6. The zero-order valence-corrected chi connectivity index (χ0v) is 7.17. The smallest absolute Gasteiger partial charge is 0.388 e. The minimum Gasteiger partial charge on any atom is -0.398 e. The van der Waals surface area contributed by atoms with Crippen LogP contribution in [0.3, 0.4) is 0 Å². The van der Waals surface area contributed by atoms with Crippen LogP contribution >= 0.6 is 0 Å². The second kappa shape index (κ2) is 3.65. The van der Waals surface area contributed by atoms with Gasteiger partial charge in [-0.05, 0) is 0 Å². The molecule has 0 fully saturated rings. The Morgan fingerprint density at radius 3 is 2.47 bits per heavy atom. The van der Waals surface area contributed by atoms with Crippen molar-refractivity contribution in [3.63, 3.8) is 0 Å². The van der Waals surface area contributed by atoms with E-state index in [9.17, 15) is 9.59 Å². The normalized spacial score (nSPS) is 9.87. The number of Topliss-reactive ketones (excluding diaryl/α,β-unsaturated/α-hetero) is 1. The molecule has 0 unspecified atom stereocenters. The van der Waals surface area contributed by atoms with Gasteiger partial charge in [-0.2, -0.15) is 25.7 Å². The predicted molar refractivity (Wildman–Crippen MR) is 42.7 cm³/mol. The van der Waals surface area contributed by atoms with Crippen LogP contribution in [0.1, 0.15) is 10.5 Å². The fourth-order valence-electron chi connectivity index (χ4n) is 0.797. The molecule has 0 aliphatic carbocycles. The van der Waals surface area contributed by atoms with Gasteiger partial charge in [0.2, 0.25) is 0 Å². The Hall–Kier alpha value is -2.58. The van der Waals surface area contributed by atoms with E-state index in [1.807, 2.05) is 0 Å². The van der Waals surface area contributed by atoms with Gasteiger partial charge in [0.25, 0.3) is 11.7 Å². The number of carbonyl (C=O) groups is 2. The average molecular weight is 208 g/mol. The van der Waals surface area contributed by atoms with Crippen LogP contribution in [-0.2, 0) is 4.79 Å². The third kappa shape index (κ3) is 1.85. The molecule has 0 radical (unpaired) electrons. The van der Waals surface area contributed by atoms with Crippen LogP contribution in [0.5, 0.6) is 5.88 Å². The first-order chi connectivity index (χ1) is 7.27. The summed E-state index contributed by atoms with van der Waals surface area (Å²) in [5.74, 6) is -2.10. The van der Waals surface area contributed by atoms with Crippen LogP contribution in [0.2, 0.25) is 0 Å². The van der Waals surface area contributed by atoms with Crippen LogP contribution in [-0.4, -0.2) is 42.6 Å². The van der Waals surface area contributed by atoms with Crippen molar-refractivity contribution in [1.82, 2.24) is 30.8 Å². The monoisotopic (exact) mass is 208 g/mol. The number of hydrogen-bond donors (Lipinski definition) is 2. The van der Waals surface area contributed by atoms with E-state index >= 15 is 0 Å². The number of esters is 1. The molecule has 0 amide bonds. The number of ketones is 1. The molecule has 15 heavy (non-hydrogen) atoms. The van der Waals surface area contributed by atoms with E-state index < -0.39 is 11.8 Å². The fraction of sp³-hybridized carbons (Fsp3) is 0. The van der Waals surface area contributed by atoms with E-state index in [-0.39, 0.29) is 11.6 Å². The third-order valence-corrected chi connectivity index (χ3v) is 1.42. The SMILES string of the molecule is O=C(Oc1cn[nH]n1)C(=O)c1cn[nH]n1. The van der Waals surface area contributed by atoms with E-state index in [0.29, 0.717) is 0 Å². The van der Waals surface area contributed by atoms with Gasteiger partial charge in [-0.1, -0.05) is 0 Å². The van der Waals surface area contributed by atoms with Gasteiger partial charge in [-0.15, -0.1) is 5.10 Å². The van der Waals surface area contributed by atoms with Crippen molar-refractivity contribution >= 4 is 11.8 Å². The maximum atomic E-state index is 11.3. The number of aromatic amines is 2. The van der Waals surface area contributed by atoms with Crippen molar-refractivity contribution in [1.29, 1.82) is 0 Å². The molecule has 2 heterocycles. The van der Waals surface area contributed by atoms with E-state index in [2.05, 4.69) is 35.6 Å². The lowest BCUT2D eigenvalue weighted by Crippen LogP contribution is -2.21. The summed E-state index contributed by atoms with van der Waals surface area (Å²) >= 11 is 0. The highest BCUT2D eigenvalue weighted by molar-refractivity contribution is 6.40. The van der Waals surface area contributed by atoms with Crippen molar-refractivity contribution in [2.24, 2.45) is 0 Å². The first kappa shape index (κ1) is 8.99. The molecule has 0 saturated carbocycles. The maximum Gasteiger partial charge on any atom is 0.388 e. The van der Waals surface area contributed by atoms with Crippen molar-refractivity contribution in [2.75, 3.05) is 0 Å². The Morgan fingerprint density at radius 2 is 1.87 bits per heavy atom. The maximum absolute atomic E-state index is 11.3. The lowest BCUT2D eigenvalue weighted by Gasteiger charge is -1.95. The predicted octanol–water partition coefficient (Wildman–Crippen LogP) is -1.29.